The maximum absolute atomic E-state index is 13.1. The number of ether oxygens (including phenoxy) is 1. The zero-order valence-electron chi connectivity index (χ0n) is 12.0. The summed E-state index contributed by atoms with van der Waals surface area (Å²) < 4.78 is 41.4. The minimum Gasteiger partial charge on any atom is -0.491 e. The smallest absolute Gasteiger partial charge is 0.241 e. The molecule has 1 fully saturated rings. The van der Waals surface area contributed by atoms with E-state index in [0.29, 0.717) is 13.2 Å². The highest BCUT2D eigenvalue weighted by atomic mass is 32.2. The van der Waals surface area contributed by atoms with Crippen molar-refractivity contribution in [1.82, 2.24) is 9.80 Å². The molecular formula is C13H20FN3O3S. The Bertz CT molecular complexity index is 586. The predicted molar refractivity (Wildman–Crippen MR) is 77.2 cm³/mol. The summed E-state index contributed by atoms with van der Waals surface area (Å²) in [5.41, 5.74) is 0. The number of benzene rings is 1. The molecule has 1 aliphatic heterocycles. The molecule has 1 aromatic carbocycles. The van der Waals surface area contributed by atoms with Crippen molar-refractivity contribution in [2.24, 2.45) is 5.14 Å². The Morgan fingerprint density at radius 3 is 2.57 bits per heavy atom. The average molecular weight is 317 g/mol. The third-order valence-corrected chi connectivity index (χ3v) is 4.41. The SMILES string of the molecule is CN1CCN(CCOc2ccc(F)cc2S(N)(=O)=O)CC1. The standard InChI is InChI=1S/C13H20FN3O3S/c1-16-4-6-17(7-5-16)8-9-20-12-3-2-11(14)10-13(12)21(15,18)19/h2-3,10H,4-9H2,1H3,(H2,15,18,19). The molecular weight excluding hydrogens is 297 g/mol. The normalized spacial score (nSPS) is 17.9. The summed E-state index contributed by atoms with van der Waals surface area (Å²) in [6.07, 6.45) is 0. The Kier molecular flexibility index (Phi) is 5.15. The molecule has 1 saturated heterocycles. The van der Waals surface area contributed by atoms with E-state index in [0.717, 1.165) is 38.3 Å². The van der Waals surface area contributed by atoms with Crippen molar-refractivity contribution in [1.29, 1.82) is 0 Å². The number of hydrogen-bond donors (Lipinski definition) is 1. The van der Waals surface area contributed by atoms with Crippen LogP contribution in [0.25, 0.3) is 0 Å². The Labute approximate surface area is 124 Å². The lowest BCUT2D eigenvalue weighted by atomic mass is 10.3. The summed E-state index contributed by atoms with van der Waals surface area (Å²) in [7, 11) is -1.93. The van der Waals surface area contributed by atoms with E-state index in [-0.39, 0.29) is 10.6 Å². The van der Waals surface area contributed by atoms with Gasteiger partial charge >= 0.3 is 0 Å². The lowest BCUT2D eigenvalue weighted by Crippen LogP contribution is -2.45. The summed E-state index contributed by atoms with van der Waals surface area (Å²) in [4.78, 5) is 4.16. The summed E-state index contributed by atoms with van der Waals surface area (Å²) >= 11 is 0. The van der Waals surface area contributed by atoms with Gasteiger partial charge in [0, 0.05) is 32.7 Å². The summed E-state index contributed by atoms with van der Waals surface area (Å²) in [6, 6.07) is 3.32. The number of primary sulfonamides is 1. The van der Waals surface area contributed by atoms with Gasteiger partial charge in [0.05, 0.1) is 0 Å². The van der Waals surface area contributed by atoms with Crippen molar-refractivity contribution >= 4 is 10.0 Å². The highest BCUT2D eigenvalue weighted by molar-refractivity contribution is 7.89. The van der Waals surface area contributed by atoms with Gasteiger partial charge in [-0.1, -0.05) is 0 Å². The molecule has 21 heavy (non-hydrogen) atoms. The third-order valence-electron chi connectivity index (χ3n) is 3.47. The van der Waals surface area contributed by atoms with Crippen LogP contribution in [0.15, 0.2) is 23.1 Å². The van der Waals surface area contributed by atoms with Gasteiger partial charge in [0.15, 0.2) is 0 Å². The van der Waals surface area contributed by atoms with E-state index < -0.39 is 15.8 Å². The molecule has 2 rings (SSSR count). The first-order valence-corrected chi connectivity index (χ1v) is 8.27. The minimum absolute atomic E-state index is 0.0908. The van der Waals surface area contributed by atoms with Crippen molar-refractivity contribution in [3.8, 4) is 5.75 Å². The highest BCUT2D eigenvalue weighted by Gasteiger charge is 2.17. The second kappa shape index (κ2) is 6.69. The fraction of sp³-hybridized carbons (Fsp3) is 0.538. The molecule has 0 unspecified atom stereocenters. The number of piperazine rings is 1. The largest absolute Gasteiger partial charge is 0.491 e. The zero-order valence-corrected chi connectivity index (χ0v) is 12.8. The van der Waals surface area contributed by atoms with Gasteiger partial charge in [-0.3, -0.25) is 4.90 Å². The maximum Gasteiger partial charge on any atom is 0.241 e. The average Bonchev–Trinajstić information content (AvgIpc) is 2.41. The van der Waals surface area contributed by atoms with E-state index >= 15 is 0 Å². The Balaban J connectivity index is 1.94. The number of rotatable bonds is 5. The van der Waals surface area contributed by atoms with E-state index in [2.05, 4.69) is 16.8 Å². The molecule has 0 aromatic heterocycles. The molecule has 1 aromatic rings. The van der Waals surface area contributed by atoms with Crippen LogP contribution >= 0.6 is 0 Å². The number of sulfonamides is 1. The topological polar surface area (TPSA) is 75.9 Å². The van der Waals surface area contributed by atoms with Gasteiger partial charge in [0.25, 0.3) is 0 Å². The maximum atomic E-state index is 13.1. The first-order chi connectivity index (χ1) is 9.86. The number of halogens is 1. The van der Waals surface area contributed by atoms with Gasteiger partial charge in [-0.25, -0.2) is 17.9 Å². The minimum atomic E-state index is -4.00. The molecule has 0 atom stereocenters. The van der Waals surface area contributed by atoms with E-state index in [1.807, 2.05) is 0 Å². The number of nitrogens with two attached hydrogens (primary N) is 1. The van der Waals surface area contributed by atoms with Gasteiger partial charge in [-0.15, -0.1) is 0 Å². The first-order valence-electron chi connectivity index (χ1n) is 6.72. The fourth-order valence-corrected chi connectivity index (χ4v) is 2.86. The van der Waals surface area contributed by atoms with Crippen molar-refractivity contribution < 1.29 is 17.5 Å². The van der Waals surface area contributed by atoms with Crippen LogP contribution in [0.3, 0.4) is 0 Å². The van der Waals surface area contributed by atoms with Crippen LogP contribution in [-0.2, 0) is 10.0 Å². The Morgan fingerprint density at radius 2 is 1.95 bits per heavy atom. The van der Waals surface area contributed by atoms with Crippen LogP contribution in [0.5, 0.6) is 5.75 Å². The second-order valence-corrected chi connectivity index (χ2v) is 6.66. The molecule has 0 amide bonds. The van der Waals surface area contributed by atoms with Gasteiger partial charge in [0.2, 0.25) is 10.0 Å². The van der Waals surface area contributed by atoms with E-state index in [1.54, 1.807) is 0 Å². The second-order valence-electron chi connectivity index (χ2n) is 5.13. The molecule has 1 aliphatic rings. The van der Waals surface area contributed by atoms with Gasteiger partial charge in [0.1, 0.15) is 23.1 Å². The van der Waals surface area contributed by atoms with Crippen molar-refractivity contribution in [3.63, 3.8) is 0 Å². The molecule has 0 spiro atoms. The zero-order chi connectivity index (χ0) is 15.5. The van der Waals surface area contributed by atoms with Crippen LogP contribution in [0.1, 0.15) is 0 Å². The number of hydrogen-bond acceptors (Lipinski definition) is 5. The summed E-state index contributed by atoms with van der Waals surface area (Å²) in [6.45, 7) is 4.92. The van der Waals surface area contributed by atoms with Crippen molar-refractivity contribution in [2.75, 3.05) is 46.4 Å². The van der Waals surface area contributed by atoms with Crippen molar-refractivity contribution in [2.45, 2.75) is 4.90 Å². The molecule has 2 N–H and O–H groups in total. The molecule has 1 heterocycles. The molecule has 118 valence electrons. The van der Waals surface area contributed by atoms with Gasteiger partial charge in [-0.05, 0) is 25.2 Å². The first kappa shape index (κ1) is 16.2. The highest BCUT2D eigenvalue weighted by Crippen LogP contribution is 2.23. The number of nitrogens with zero attached hydrogens (tertiary/aromatic N) is 2. The summed E-state index contributed by atoms with van der Waals surface area (Å²) in [5, 5.41) is 5.07. The molecule has 0 aliphatic carbocycles. The monoisotopic (exact) mass is 317 g/mol. The fourth-order valence-electron chi connectivity index (χ4n) is 2.18. The van der Waals surface area contributed by atoms with Gasteiger partial charge < -0.3 is 9.64 Å². The Hall–Kier alpha value is -1.22. The van der Waals surface area contributed by atoms with Crippen LogP contribution in [-0.4, -0.2) is 64.6 Å². The van der Waals surface area contributed by atoms with Crippen LogP contribution in [0.2, 0.25) is 0 Å². The van der Waals surface area contributed by atoms with Gasteiger partial charge in [-0.2, -0.15) is 0 Å². The molecule has 8 heteroatoms. The van der Waals surface area contributed by atoms with Crippen molar-refractivity contribution in [3.05, 3.63) is 24.0 Å². The lowest BCUT2D eigenvalue weighted by Gasteiger charge is -2.32. The quantitative estimate of drug-likeness (QED) is 0.833. The molecule has 0 bridgehead atoms. The molecule has 0 saturated carbocycles. The summed E-state index contributed by atoms with van der Waals surface area (Å²) in [5.74, 6) is -0.571. The van der Waals surface area contributed by atoms with Crippen LogP contribution in [0, 0.1) is 5.82 Å². The van der Waals surface area contributed by atoms with Crippen LogP contribution in [0.4, 0.5) is 4.39 Å². The molecule has 6 nitrogen and oxygen atoms in total. The third kappa shape index (κ3) is 4.63. The number of likely N-dealkylation sites (N-methyl/N-ethyl adjacent to an activating group) is 1. The van der Waals surface area contributed by atoms with E-state index in [4.69, 9.17) is 9.88 Å². The van der Waals surface area contributed by atoms with E-state index in [9.17, 15) is 12.8 Å². The molecule has 0 radical (unpaired) electrons. The Morgan fingerprint density at radius 1 is 1.29 bits per heavy atom. The van der Waals surface area contributed by atoms with Crippen LogP contribution < -0.4 is 9.88 Å². The predicted octanol–water partition coefficient (Wildman–Crippen LogP) is 0.0993. The lowest BCUT2D eigenvalue weighted by molar-refractivity contribution is 0.133. The van der Waals surface area contributed by atoms with E-state index in [1.165, 1.54) is 6.07 Å².